The first-order valence-corrected chi connectivity index (χ1v) is 6.78. The first-order valence-electron chi connectivity index (χ1n) is 4.67. The van der Waals surface area contributed by atoms with Crippen LogP contribution in [0.2, 0.25) is 5.02 Å². The summed E-state index contributed by atoms with van der Waals surface area (Å²) in [5.74, 6) is 0.0460. The van der Waals surface area contributed by atoms with Crippen LogP contribution in [0.25, 0.3) is 0 Å². The van der Waals surface area contributed by atoms with Gasteiger partial charge in [0.1, 0.15) is 0 Å². The SMILES string of the molecule is O=C(Cc1ccsc1)c1cccc(Br)c1Cl. The maximum atomic E-state index is 12.0. The minimum Gasteiger partial charge on any atom is -0.294 e. The summed E-state index contributed by atoms with van der Waals surface area (Å²) in [4.78, 5) is 12.0. The Morgan fingerprint density at radius 1 is 1.38 bits per heavy atom. The predicted molar refractivity (Wildman–Crippen MR) is 71.5 cm³/mol. The van der Waals surface area contributed by atoms with Crippen LogP contribution in [-0.4, -0.2) is 5.78 Å². The fourth-order valence-electron chi connectivity index (χ4n) is 1.39. The van der Waals surface area contributed by atoms with Gasteiger partial charge in [0, 0.05) is 16.5 Å². The molecule has 0 aliphatic heterocycles. The van der Waals surface area contributed by atoms with Gasteiger partial charge in [0.2, 0.25) is 0 Å². The molecule has 82 valence electrons. The van der Waals surface area contributed by atoms with Gasteiger partial charge in [0.15, 0.2) is 5.78 Å². The molecule has 0 aliphatic rings. The van der Waals surface area contributed by atoms with Gasteiger partial charge in [-0.05, 0) is 50.5 Å². The fraction of sp³-hybridized carbons (Fsp3) is 0.0833. The normalized spacial score (nSPS) is 10.4. The minimum absolute atomic E-state index is 0.0460. The number of halogens is 2. The second-order valence-electron chi connectivity index (χ2n) is 3.33. The van der Waals surface area contributed by atoms with E-state index in [4.69, 9.17) is 11.6 Å². The molecule has 4 heteroatoms. The highest BCUT2D eigenvalue weighted by atomic mass is 79.9. The molecule has 0 saturated heterocycles. The molecular formula is C12H8BrClOS. The van der Waals surface area contributed by atoms with Gasteiger partial charge >= 0.3 is 0 Å². The zero-order valence-corrected chi connectivity index (χ0v) is 11.4. The van der Waals surface area contributed by atoms with Crippen molar-refractivity contribution in [1.29, 1.82) is 0 Å². The Morgan fingerprint density at radius 2 is 2.19 bits per heavy atom. The largest absolute Gasteiger partial charge is 0.294 e. The lowest BCUT2D eigenvalue weighted by molar-refractivity contribution is 0.0993. The monoisotopic (exact) mass is 314 g/mol. The van der Waals surface area contributed by atoms with Crippen LogP contribution in [-0.2, 0) is 6.42 Å². The van der Waals surface area contributed by atoms with E-state index in [1.165, 1.54) is 0 Å². The smallest absolute Gasteiger partial charge is 0.168 e. The Labute approximate surface area is 111 Å². The minimum atomic E-state index is 0.0460. The third-order valence-corrected chi connectivity index (χ3v) is 4.23. The van der Waals surface area contributed by atoms with E-state index in [1.807, 2.05) is 29.0 Å². The molecule has 0 amide bonds. The highest BCUT2D eigenvalue weighted by molar-refractivity contribution is 9.10. The number of rotatable bonds is 3. The van der Waals surface area contributed by atoms with E-state index in [-0.39, 0.29) is 5.78 Å². The summed E-state index contributed by atoms with van der Waals surface area (Å²) in [7, 11) is 0. The molecule has 0 N–H and O–H groups in total. The van der Waals surface area contributed by atoms with Crippen molar-refractivity contribution in [2.75, 3.05) is 0 Å². The summed E-state index contributed by atoms with van der Waals surface area (Å²) in [5.41, 5.74) is 1.60. The van der Waals surface area contributed by atoms with Crippen molar-refractivity contribution in [2.24, 2.45) is 0 Å². The third kappa shape index (κ3) is 2.54. The third-order valence-electron chi connectivity index (χ3n) is 2.20. The first-order chi connectivity index (χ1) is 7.68. The Bertz CT molecular complexity index is 508. The molecule has 0 spiro atoms. The Balaban J connectivity index is 2.24. The molecule has 1 nitrogen and oxygen atoms in total. The summed E-state index contributed by atoms with van der Waals surface area (Å²) < 4.78 is 0.755. The molecule has 2 aromatic rings. The molecule has 0 radical (unpaired) electrons. The summed E-state index contributed by atoms with van der Waals surface area (Å²) >= 11 is 11.0. The number of hydrogen-bond donors (Lipinski definition) is 0. The number of ketones is 1. The van der Waals surface area contributed by atoms with E-state index in [1.54, 1.807) is 17.4 Å². The second-order valence-corrected chi connectivity index (χ2v) is 5.35. The lowest BCUT2D eigenvalue weighted by atomic mass is 10.1. The first kappa shape index (κ1) is 11.8. The van der Waals surface area contributed by atoms with Crippen molar-refractivity contribution >= 4 is 44.7 Å². The van der Waals surface area contributed by atoms with Crippen LogP contribution in [0, 0.1) is 0 Å². The van der Waals surface area contributed by atoms with Crippen LogP contribution in [0.3, 0.4) is 0 Å². The van der Waals surface area contributed by atoms with Crippen LogP contribution < -0.4 is 0 Å². The predicted octanol–water partition coefficient (Wildman–Crippen LogP) is 4.59. The summed E-state index contributed by atoms with van der Waals surface area (Å²) in [6.45, 7) is 0. The highest BCUT2D eigenvalue weighted by Crippen LogP contribution is 2.27. The number of carbonyl (C=O) groups excluding carboxylic acids is 1. The quantitative estimate of drug-likeness (QED) is 0.757. The van der Waals surface area contributed by atoms with Crippen molar-refractivity contribution in [2.45, 2.75) is 6.42 Å². The second kappa shape index (κ2) is 5.13. The zero-order chi connectivity index (χ0) is 11.5. The molecule has 2 rings (SSSR count). The lowest BCUT2D eigenvalue weighted by Crippen LogP contribution is -2.03. The molecule has 0 bridgehead atoms. The molecule has 0 atom stereocenters. The van der Waals surface area contributed by atoms with Crippen molar-refractivity contribution in [3.05, 3.63) is 55.6 Å². The van der Waals surface area contributed by atoms with Crippen LogP contribution in [0.4, 0.5) is 0 Å². The van der Waals surface area contributed by atoms with Crippen LogP contribution >= 0.6 is 38.9 Å². The lowest BCUT2D eigenvalue weighted by Gasteiger charge is -2.03. The summed E-state index contributed by atoms with van der Waals surface area (Å²) in [6, 6.07) is 7.34. The molecule has 0 fully saturated rings. The van der Waals surface area contributed by atoms with Crippen molar-refractivity contribution in [3.63, 3.8) is 0 Å². The number of thiophene rings is 1. The van der Waals surface area contributed by atoms with E-state index >= 15 is 0 Å². The van der Waals surface area contributed by atoms with Crippen LogP contribution in [0.1, 0.15) is 15.9 Å². The van der Waals surface area contributed by atoms with Crippen molar-refractivity contribution < 1.29 is 4.79 Å². The van der Waals surface area contributed by atoms with Crippen molar-refractivity contribution in [1.82, 2.24) is 0 Å². The van der Waals surface area contributed by atoms with Gasteiger partial charge in [-0.25, -0.2) is 0 Å². The topological polar surface area (TPSA) is 17.1 Å². The number of Topliss-reactive ketones (excluding diaryl/α,β-unsaturated/α-hetero) is 1. The Morgan fingerprint density at radius 3 is 2.88 bits per heavy atom. The van der Waals surface area contributed by atoms with E-state index in [9.17, 15) is 4.79 Å². The van der Waals surface area contributed by atoms with Gasteiger partial charge in [-0.15, -0.1) is 0 Å². The van der Waals surface area contributed by atoms with E-state index in [2.05, 4.69) is 15.9 Å². The highest BCUT2D eigenvalue weighted by Gasteiger charge is 2.12. The molecule has 1 aromatic carbocycles. The molecular weight excluding hydrogens is 308 g/mol. The van der Waals surface area contributed by atoms with Crippen LogP contribution in [0.5, 0.6) is 0 Å². The summed E-state index contributed by atoms with van der Waals surface area (Å²) in [6.07, 6.45) is 0.402. The molecule has 0 saturated carbocycles. The van der Waals surface area contributed by atoms with Gasteiger partial charge in [0.05, 0.1) is 5.02 Å². The molecule has 1 heterocycles. The van der Waals surface area contributed by atoms with Gasteiger partial charge in [-0.2, -0.15) is 11.3 Å². The van der Waals surface area contributed by atoms with Crippen LogP contribution in [0.15, 0.2) is 39.5 Å². The number of benzene rings is 1. The Hall–Kier alpha value is -0.640. The molecule has 0 unspecified atom stereocenters. The Kier molecular flexibility index (Phi) is 3.79. The molecule has 0 aliphatic carbocycles. The summed E-state index contributed by atoms with van der Waals surface area (Å²) in [5, 5.41) is 4.43. The van der Waals surface area contributed by atoms with Gasteiger partial charge < -0.3 is 0 Å². The maximum absolute atomic E-state index is 12.0. The average molecular weight is 316 g/mol. The van der Waals surface area contributed by atoms with E-state index in [0.717, 1.165) is 10.0 Å². The fourth-order valence-corrected chi connectivity index (χ4v) is 2.66. The number of carbonyl (C=O) groups is 1. The van der Waals surface area contributed by atoms with Gasteiger partial charge in [-0.1, -0.05) is 17.7 Å². The van der Waals surface area contributed by atoms with E-state index < -0.39 is 0 Å². The van der Waals surface area contributed by atoms with Gasteiger partial charge in [-0.3, -0.25) is 4.79 Å². The maximum Gasteiger partial charge on any atom is 0.168 e. The van der Waals surface area contributed by atoms with E-state index in [0.29, 0.717) is 17.0 Å². The molecule has 16 heavy (non-hydrogen) atoms. The van der Waals surface area contributed by atoms with Gasteiger partial charge in [0.25, 0.3) is 0 Å². The number of hydrogen-bond acceptors (Lipinski definition) is 2. The average Bonchev–Trinajstić information content (AvgIpc) is 2.74. The standard InChI is InChI=1S/C12H8BrClOS/c13-10-3-1-2-9(12(10)14)11(15)6-8-4-5-16-7-8/h1-5,7H,6H2. The molecule has 1 aromatic heterocycles. The van der Waals surface area contributed by atoms with Crippen molar-refractivity contribution in [3.8, 4) is 0 Å². The zero-order valence-electron chi connectivity index (χ0n) is 8.24.